The van der Waals surface area contributed by atoms with Gasteiger partial charge in [0.05, 0.1) is 11.0 Å². The Morgan fingerprint density at radius 2 is 2.22 bits per heavy atom. The first-order valence-corrected chi connectivity index (χ1v) is 6.76. The molecule has 0 radical (unpaired) electrons. The third-order valence-electron chi connectivity index (χ3n) is 2.30. The second-order valence-electron chi connectivity index (χ2n) is 3.56. The fourth-order valence-corrected chi connectivity index (χ4v) is 2.39. The van der Waals surface area contributed by atoms with Gasteiger partial charge >= 0.3 is 0 Å². The van der Waals surface area contributed by atoms with Crippen molar-refractivity contribution in [3.63, 3.8) is 0 Å². The summed E-state index contributed by atoms with van der Waals surface area (Å²) in [6.07, 6.45) is 0.818. The minimum atomic E-state index is -0.291. The Bertz CT molecular complexity index is 594. The first-order valence-electron chi connectivity index (χ1n) is 5.15. The Labute approximate surface area is 127 Å². The molecule has 0 amide bonds. The summed E-state index contributed by atoms with van der Waals surface area (Å²) < 4.78 is 15.4. The highest BCUT2D eigenvalue weighted by molar-refractivity contribution is 9.10. The molecule has 0 aliphatic heterocycles. The van der Waals surface area contributed by atoms with Crippen molar-refractivity contribution in [3.8, 4) is 0 Å². The minimum Gasteiger partial charge on any atom is -0.274 e. The van der Waals surface area contributed by atoms with Gasteiger partial charge in [0.1, 0.15) is 10.8 Å². The van der Waals surface area contributed by atoms with Crippen LogP contribution in [-0.2, 0) is 13.0 Å². The van der Waals surface area contributed by atoms with E-state index in [4.69, 9.17) is 5.41 Å². The predicted octanol–water partition coefficient (Wildman–Crippen LogP) is 3.51. The normalized spacial score (nSPS) is 10.2. The summed E-state index contributed by atoms with van der Waals surface area (Å²) >= 11 is 4.47. The molecule has 1 aromatic carbocycles. The molecule has 18 heavy (non-hydrogen) atoms. The Kier molecular flexibility index (Phi) is 5.68. The van der Waals surface area contributed by atoms with E-state index in [1.54, 1.807) is 10.7 Å². The minimum absolute atomic E-state index is 0. The maximum Gasteiger partial charge on any atom is 0.200 e. The Balaban J connectivity index is 0.00000162. The van der Waals surface area contributed by atoms with Crippen molar-refractivity contribution in [2.24, 2.45) is 0 Å². The van der Waals surface area contributed by atoms with Crippen molar-refractivity contribution in [2.75, 3.05) is 0 Å². The lowest BCUT2D eigenvalue weighted by Crippen LogP contribution is -2.15. The van der Waals surface area contributed by atoms with E-state index in [9.17, 15) is 4.39 Å². The summed E-state index contributed by atoms with van der Waals surface area (Å²) in [6.45, 7) is 2.43. The quantitative estimate of drug-likeness (QED) is 0.847. The molecule has 0 fully saturated rings. The van der Waals surface area contributed by atoms with Crippen molar-refractivity contribution < 1.29 is 4.39 Å². The van der Waals surface area contributed by atoms with E-state index in [1.807, 2.05) is 13.0 Å². The maximum absolute atomic E-state index is 13.3. The summed E-state index contributed by atoms with van der Waals surface area (Å²) in [6, 6.07) is 4.95. The zero-order chi connectivity index (χ0) is 12.4. The maximum atomic E-state index is 13.3. The van der Waals surface area contributed by atoms with Crippen molar-refractivity contribution in [3.05, 3.63) is 43.9 Å². The standard InChI is InChI=1S/C11H11BrFN3S.BrH/c1-2-10-15-16(11(14)17-10)6-7-3-4-8(12)9(13)5-7;/h3-5,14H,2,6H2,1H3;1H. The van der Waals surface area contributed by atoms with Gasteiger partial charge in [0, 0.05) is 0 Å². The van der Waals surface area contributed by atoms with Crippen LogP contribution in [0, 0.1) is 11.2 Å². The van der Waals surface area contributed by atoms with E-state index >= 15 is 0 Å². The largest absolute Gasteiger partial charge is 0.274 e. The molecule has 1 heterocycles. The molecular formula is C11H12Br2FN3S. The molecule has 3 nitrogen and oxygen atoms in total. The van der Waals surface area contributed by atoms with Crippen LogP contribution in [0.4, 0.5) is 4.39 Å². The molecule has 0 atom stereocenters. The van der Waals surface area contributed by atoms with E-state index < -0.39 is 0 Å². The van der Waals surface area contributed by atoms with Gasteiger partial charge in [0.2, 0.25) is 4.80 Å². The molecular weight excluding hydrogens is 385 g/mol. The second-order valence-corrected chi connectivity index (χ2v) is 5.48. The highest BCUT2D eigenvalue weighted by Crippen LogP contribution is 2.16. The number of halogens is 3. The van der Waals surface area contributed by atoms with E-state index in [1.165, 1.54) is 17.4 Å². The molecule has 0 spiro atoms. The Hall–Kier alpha value is -0.530. The zero-order valence-corrected chi connectivity index (χ0v) is 13.7. The lowest BCUT2D eigenvalue weighted by molar-refractivity contribution is 0.605. The van der Waals surface area contributed by atoms with Crippen LogP contribution in [0.25, 0.3) is 0 Å². The molecule has 0 saturated heterocycles. The van der Waals surface area contributed by atoms with E-state index in [0.29, 0.717) is 15.8 Å². The van der Waals surface area contributed by atoms with Gasteiger partial charge in [0.25, 0.3) is 0 Å². The van der Waals surface area contributed by atoms with Crippen LogP contribution in [0.5, 0.6) is 0 Å². The van der Waals surface area contributed by atoms with Crippen LogP contribution in [0.2, 0.25) is 0 Å². The molecule has 0 bridgehead atoms. The first-order chi connectivity index (χ1) is 8.10. The van der Waals surface area contributed by atoms with Gasteiger partial charge in [-0.3, -0.25) is 5.41 Å². The van der Waals surface area contributed by atoms with Gasteiger partial charge in [0.15, 0.2) is 0 Å². The Morgan fingerprint density at radius 3 is 2.78 bits per heavy atom. The third kappa shape index (κ3) is 3.49. The number of benzene rings is 1. The highest BCUT2D eigenvalue weighted by atomic mass is 79.9. The SMILES string of the molecule is Br.CCc1nn(Cc2ccc(Br)c(F)c2)c(=N)s1. The molecule has 98 valence electrons. The number of nitrogens with zero attached hydrogens (tertiary/aromatic N) is 2. The van der Waals surface area contributed by atoms with E-state index in [0.717, 1.165) is 17.0 Å². The summed E-state index contributed by atoms with van der Waals surface area (Å²) in [7, 11) is 0. The van der Waals surface area contributed by atoms with Gasteiger partial charge in [-0.2, -0.15) is 5.10 Å². The fourth-order valence-electron chi connectivity index (χ4n) is 1.43. The second kappa shape index (κ2) is 6.58. The van der Waals surface area contributed by atoms with Crippen LogP contribution in [0.3, 0.4) is 0 Å². The van der Waals surface area contributed by atoms with Gasteiger partial charge in [-0.1, -0.05) is 24.3 Å². The van der Waals surface area contributed by atoms with Crippen LogP contribution in [0.15, 0.2) is 22.7 Å². The van der Waals surface area contributed by atoms with Gasteiger partial charge in [-0.25, -0.2) is 9.07 Å². The molecule has 0 aliphatic rings. The average molecular weight is 397 g/mol. The zero-order valence-electron chi connectivity index (χ0n) is 9.61. The third-order valence-corrected chi connectivity index (χ3v) is 3.95. The van der Waals surface area contributed by atoms with Gasteiger partial charge in [-0.15, -0.1) is 17.0 Å². The van der Waals surface area contributed by atoms with Crippen LogP contribution >= 0.6 is 44.2 Å². The number of aromatic nitrogens is 2. The van der Waals surface area contributed by atoms with Crippen LogP contribution in [-0.4, -0.2) is 9.78 Å². The molecule has 1 N–H and O–H groups in total. The summed E-state index contributed by atoms with van der Waals surface area (Å²) in [4.78, 5) is 0.394. The highest BCUT2D eigenvalue weighted by Gasteiger charge is 2.05. The van der Waals surface area contributed by atoms with Crippen molar-refractivity contribution in [1.82, 2.24) is 9.78 Å². The molecule has 2 aromatic rings. The average Bonchev–Trinajstić information content (AvgIpc) is 2.65. The number of hydrogen-bond donors (Lipinski definition) is 1. The molecule has 0 saturated carbocycles. The molecule has 7 heteroatoms. The van der Waals surface area contributed by atoms with E-state index in [-0.39, 0.29) is 22.8 Å². The molecule has 0 aliphatic carbocycles. The summed E-state index contributed by atoms with van der Waals surface area (Å²) in [5.74, 6) is -0.291. The summed E-state index contributed by atoms with van der Waals surface area (Å²) in [5, 5.41) is 13.0. The van der Waals surface area contributed by atoms with E-state index in [2.05, 4.69) is 21.0 Å². The van der Waals surface area contributed by atoms with Crippen LogP contribution < -0.4 is 4.80 Å². The number of rotatable bonds is 3. The number of nitrogens with one attached hydrogen (secondary N) is 1. The van der Waals surface area contributed by atoms with Gasteiger partial charge < -0.3 is 0 Å². The van der Waals surface area contributed by atoms with Gasteiger partial charge in [-0.05, 0) is 40.0 Å². The fraction of sp³-hybridized carbons (Fsp3) is 0.273. The Morgan fingerprint density at radius 1 is 1.50 bits per heavy atom. The lowest BCUT2D eigenvalue weighted by atomic mass is 10.2. The molecule has 1 aromatic heterocycles. The van der Waals surface area contributed by atoms with Crippen molar-refractivity contribution in [1.29, 1.82) is 5.41 Å². The summed E-state index contributed by atoms with van der Waals surface area (Å²) in [5.41, 5.74) is 0.803. The van der Waals surface area contributed by atoms with Crippen molar-refractivity contribution in [2.45, 2.75) is 19.9 Å². The monoisotopic (exact) mass is 395 g/mol. The lowest BCUT2D eigenvalue weighted by Gasteiger charge is -2.02. The first kappa shape index (κ1) is 15.5. The van der Waals surface area contributed by atoms with Crippen LogP contribution in [0.1, 0.15) is 17.5 Å². The smallest absolute Gasteiger partial charge is 0.200 e. The predicted molar refractivity (Wildman–Crippen MR) is 78.9 cm³/mol. The number of hydrogen-bond acceptors (Lipinski definition) is 3. The molecule has 2 rings (SSSR count). The molecule has 0 unspecified atom stereocenters. The van der Waals surface area contributed by atoms with Crippen molar-refractivity contribution >= 4 is 44.2 Å². The topological polar surface area (TPSA) is 41.7 Å². The number of aryl methyl sites for hydroxylation is 1.